The maximum absolute atomic E-state index is 13.9. The van der Waals surface area contributed by atoms with Crippen LogP contribution in [0.15, 0.2) is 92.0 Å². The van der Waals surface area contributed by atoms with E-state index in [0.717, 1.165) is 24.3 Å². The Morgan fingerprint density at radius 2 is 1.04 bits per heavy atom. The maximum Gasteiger partial charge on any atom is 0.420 e. The monoisotopic (exact) mass is 642 g/mol. The van der Waals surface area contributed by atoms with Crippen LogP contribution >= 0.6 is 0 Å². The van der Waals surface area contributed by atoms with Crippen LogP contribution in [0, 0.1) is 0 Å². The summed E-state index contributed by atoms with van der Waals surface area (Å²) >= 11 is 0. The lowest BCUT2D eigenvalue weighted by atomic mass is 10.1. The summed E-state index contributed by atoms with van der Waals surface area (Å²) < 4.78 is 72.3. The lowest BCUT2D eigenvalue weighted by Gasteiger charge is -2.15. The standard InChI is InChI=1S/C33H29F3O10/c1-3-29(37)43-19-5-17-41-24-11-7-22(8-12-24)31(39)45-26-15-16-28(27(21-26)33(34,35)36)46-32(40)23-9-13-25(14-10-23)42-18-6-20-44-30(38)4-2/h3-4,7-16,21H,1-2,5-6,17-20H2. The highest BCUT2D eigenvalue weighted by molar-refractivity contribution is 5.92. The Balaban J connectivity index is 1.57. The molecule has 3 aromatic rings. The minimum atomic E-state index is -4.95. The third-order valence-electron chi connectivity index (χ3n) is 5.79. The van der Waals surface area contributed by atoms with Gasteiger partial charge in [-0.05, 0) is 66.7 Å². The summed E-state index contributed by atoms with van der Waals surface area (Å²) in [6.07, 6.45) is -2.05. The van der Waals surface area contributed by atoms with Gasteiger partial charge in [-0.1, -0.05) is 13.2 Å². The Hall–Kier alpha value is -5.59. The molecule has 0 atom stereocenters. The number of carbonyl (C=O) groups is 4. The number of ether oxygens (including phenoxy) is 6. The molecule has 3 rings (SSSR count). The van der Waals surface area contributed by atoms with Gasteiger partial charge in [-0.25, -0.2) is 19.2 Å². The average molecular weight is 643 g/mol. The van der Waals surface area contributed by atoms with E-state index in [-0.39, 0.29) is 37.6 Å². The Labute approximate surface area is 261 Å². The molecule has 0 bridgehead atoms. The van der Waals surface area contributed by atoms with Gasteiger partial charge in [0.2, 0.25) is 0 Å². The first kappa shape index (κ1) is 34.9. The molecule has 0 aliphatic heterocycles. The summed E-state index contributed by atoms with van der Waals surface area (Å²) in [5.41, 5.74) is -1.33. The van der Waals surface area contributed by atoms with E-state index in [2.05, 4.69) is 13.2 Å². The summed E-state index contributed by atoms with van der Waals surface area (Å²) in [6.45, 7) is 7.26. The lowest BCUT2D eigenvalue weighted by molar-refractivity contribution is -0.139. The van der Waals surface area contributed by atoms with Crippen molar-refractivity contribution in [1.82, 2.24) is 0 Å². The largest absolute Gasteiger partial charge is 0.493 e. The van der Waals surface area contributed by atoms with Crippen molar-refractivity contribution in [2.75, 3.05) is 26.4 Å². The SMILES string of the molecule is C=CC(=O)OCCCOc1ccc(C(=O)Oc2ccc(OC(=O)c3ccc(OCCCOC(=O)C=C)cc3)c(C(F)(F)F)c2)cc1. The van der Waals surface area contributed by atoms with Crippen LogP contribution in [0.25, 0.3) is 0 Å². The smallest absolute Gasteiger partial charge is 0.420 e. The van der Waals surface area contributed by atoms with Gasteiger partial charge in [0.15, 0.2) is 0 Å². The zero-order chi connectivity index (χ0) is 33.5. The van der Waals surface area contributed by atoms with Crippen molar-refractivity contribution in [2.45, 2.75) is 19.0 Å². The minimum Gasteiger partial charge on any atom is -0.493 e. The van der Waals surface area contributed by atoms with Crippen LogP contribution in [0.1, 0.15) is 39.1 Å². The summed E-state index contributed by atoms with van der Waals surface area (Å²) in [5.74, 6) is -3.52. The van der Waals surface area contributed by atoms with E-state index < -0.39 is 47.1 Å². The van der Waals surface area contributed by atoms with E-state index >= 15 is 0 Å². The third-order valence-corrected chi connectivity index (χ3v) is 5.79. The molecule has 0 spiro atoms. The molecule has 0 aromatic heterocycles. The fraction of sp³-hybridized carbons (Fsp3) is 0.212. The summed E-state index contributed by atoms with van der Waals surface area (Å²) in [5, 5.41) is 0. The molecule has 0 unspecified atom stereocenters. The Morgan fingerprint density at radius 3 is 1.48 bits per heavy atom. The topological polar surface area (TPSA) is 124 Å². The quantitative estimate of drug-likeness (QED) is 0.0779. The van der Waals surface area contributed by atoms with Gasteiger partial charge < -0.3 is 28.4 Å². The molecule has 0 radical (unpaired) electrons. The van der Waals surface area contributed by atoms with Crippen molar-refractivity contribution in [2.24, 2.45) is 0 Å². The van der Waals surface area contributed by atoms with E-state index in [0.29, 0.717) is 30.4 Å². The van der Waals surface area contributed by atoms with Crippen LogP contribution < -0.4 is 18.9 Å². The molecule has 0 fully saturated rings. The highest BCUT2D eigenvalue weighted by atomic mass is 19.4. The molecule has 13 heteroatoms. The number of benzene rings is 3. The number of hydrogen-bond acceptors (Lipinski definition) is 10. The summed E-state index contributed by atoms with van der Waals surface area (Å²) in [4.78, 5) is 47.2. The van der Waals surface area contributed by atoms with Gasteiger partial charge in [-0.3, -0.25) is 0 Å². The molecular formula is C33H29F3O10. The first-order valence-corrected chi connectivity index (χ1v) is 13.7. The number of alkyl halides is 3. The van der Waals surface area contributed by atoms with E-state index in [1.54, 1.807) is 0 Å². The number of halogens is 3. The van der Waals surface area contributed by atoms with Gasteiger partial charge in [0.05, 0.1) is 37.6 Å². The second-order valence-electron chi connectivity index (χ2n) is 9.13. The van der Waals surface area contributed by atoms with Crippen molar-refractivity contribution >= 4 is 23.9 Å². The number of carbonyl (C=O) groups excluding carboxylic acids is 4. The van der Waals surface area contributed by atoms with Gasteiger partial charge in [-0.2, -0.15) is 13.2 Å². The number of rotatable bonds is 16. The first-order valence-electron chi connectivity index (χ1n) is 13.7. The molecule has 46 heavy (non-hydrogen) atoms. The maximum atomic E-state index is 13.9. The van der Waals surface area contributed by atoms with E-state index in [1.165, 1.54) is 48.5 Å². The van der Waals surface area contributed by atoms with Crippen molar-refractivity contribution in [3.8, 4) is 23.0 Å². The molecule has 0 amide bonds. The number of esters is 4. The van der Waals surface area contributed by atoms with Gasteiger partial charge in [-0.15, -0.1) is 0 Å². The van der Waals surface area contributed by atoms with E-state index in [4.69, 9.17) is 28.4 Å². The summed E-state index contributed by atoms with van der Waals surface area (Å²) in [7, 11) is 0. The van der Waals surface area contributed by atoms with Crippen LogP contribution in [-0.2, 0) is 25.2 Å². The molecule has 0 saturated carbocycles. The predicted octanol–water partition coefficient (Wildman–Crippen LogP) is 6.14. The zero-order valence-corrected chi connectivity index (χ0v) is 24.4. The van der Waals surface area contributed by atoms with Gasteiger partial charge >= 0.3 is 30.1 Å². The molecule has 3 aromatic carbocycles. The van der Waals surface area contributed by atoms with Crippen LogP contribution in [0.3, 0.4) is 0 Å². The van der Waals surface area contributed by atoms with Crippen LogP contribution in [0.4, 0.5) is 13.2 Å². The fourth-order valence-electron chi connectivity index (χ4n) is 3.54. The second kappa shape index (κ2) is 17.0. The predicted molar refractivity (Wildman–Crippen MR) is 157 cm³/mol. The molecule has 0 aliphatic rings. The Bertz CT molecular complexity index is 1530. The van der Waals surface area contributed by atoms with Crippen molar-refractivity contribution in [3.63, 3.8) is 0 Å². The second-order valence-corrected chi connectivity index (χ2v) is 9.13. The van der Waals surface area contributed by atoms with E-state index in [1.807, 2.05) is 0 Å². The molecule has 242 valence electrons. The minimum absolute atomic E-state index is 0.0416. The van der Waals surface area contributed by atoms with Gasteiger partial charge in [0.1, 0.15) is 28.6 Å². The summed E-state index contributed by atoms with van der Waals surface area (Å²) in [6, 6.07) is 13.7. The van der Waals surface area contributed by atoms with Crippen LogP contribution in [-0.4, -0.2) is 50.3 Å². The van der Waals surface area contributed by atoms with Crippen molar-refractivity contribution in [3.05, 3.63) is 109 Å². The third kappa shape index (κ3) is 11.2. The van der Waals surface area contributed by atoms with Gasteiger partial charge in [0.25, 0.3) is 0 Å². The first-order chi connectivity index (χ1) is 22.0. The molecule has 0 saturated heterocycles. The molecule has 0 aliphatic carbocycles. The fourth-order valence-corrected chi connectivity index (χ4v) is 3.54. The van der Waals surface area contributed by atoms with E-state index in [9.17, 15) is 32.3 Å². The number of hydrogen-bond donors (Lipinski definition) is 0. The highest BCUT2D eigenvalue weighted by Crippen LogP contribution is 2.39. The normalized spacial score (nSPS) is 10.7. The Morgan fingerprint density at radius 1 is 0.609 bits per heavy atom. The molecule has 0 heterocycles. The van der Waals surface area contributed by atoms with Crippen LogP contribution in [0.5, 0.6) is 23.0 Å². The lowest BCUT2D eigenvalue weighted by Crippen LogP contribution is -2.15. The highest BCUT2D eigenvalue weighted by Gasteiger charge is 2.36. The van der Waals surface area contributed by atoms with Crippen molar-refractivity contribution in [1.29, 1.82) is 0 Å². The van der Waals surface area contributed by atoms with Gasteiger partial charge in [0, 0.05) is 25.0 Å². The zero-order valence-electron chi connectivity index (χ0n) is 24.4. The molecule has 0 N–H and O–H groups in total. The molecule has 10 nitrogen and oxygen atoms in total. The molecular weight excluding hydrogens is 613 g/mol. The van der Waals surface area contributed by atoms with Crippen molar-refractivity contribution < 1.29 is 60.8 Å². The average Bonchev–Trinajstić information content (AvgIpc) is 3.04. The Kier molecular flexibility index (Phi) is 12.9. The van der Waals surface area contributed by atoms with Crippen LogP contribution in [0.2, 0.25) is 0 Å².